The van der Waals surface area contributed by atoms with E-state index in [4.69, 9.17) is 10.5 Å². The number of aliphatic hydroxyl groups excluding tert-OH is 1. The minimum absolute atomic E-state index is 0.0289. The summed E-state index contributed by atoms with van der Waals surface area (Å²) in [7, 11) is 0. The molecule has 0 aromatic heterocycles. The van der Waals surface area contributed by atoms with Gasteiger partial charge in [0.05, 0.1) is 12.1 Å². The van der Waals surface area contributed by atoms with Gasteiger partial charge in [-0.1, -0.05) is 75.2 Å². The molecule has 2 aliphatic rings. The van der Waals surface area contributed by atoms with E-state index in [0.29, 0.717) is 25.9 Å². The fraction of sp³-hybridized carbons (Fsp3) is 0.838. The molecule has 52 heavy (non-hydrogen) atoms. The standard InChI is InChI=1S/C37H67N7O8/c1-11-12-13-25(28(46)31(48)40-23-14-15-23)41-30(47)26-18-24(52-33(38)50)21-44(26)32(49)29(36(6,7)8)43-34(51)42-27(35(3,4)5)20-39-17-16-37(9,10)19-22(2)45/h23-27,29,33,39,50H,11-21,38H2,1-10H3,(H,40,48)(H,41,47)(H2,42,43,51)/t24-,25?,26+,27-,29-,33?/m1/s1. The number of aliphatic hydroxyl groups is 1. The number of ether oxygens (including phenoxy) is 1. The number of amides is 5. The van der Waals surface area contributed by atoms with Crippen LogP contribution in [0.3, 0.4) is 0 Å². The molecule has 1 saturated heterocycles. The number of hydrogen-bond acceptors (Lipinski definition) is 10. The lowest BCUT2D eigenvalue weighted by molar-refractivity contribution is -0.144. The highest BCUT2D eigenvalue weighted by Crippen LogP contribution is 2.29. The predicted octanol–water partition coefficient (Wildman–Crippen LogP) is 1.84. The molecule has 2 fully saturated rings. The second-order valence-corrected chi connectivity index (χ2v) is 17.5. The van der Waals surface area contributed by atoms with Gasteiger partial charge in [-0.05, 0) is 55.4 Å². The summed E-state index contributed by atoms with van der Waals surface area (Å²) in [4.78, 5) is 80.5. The smallest absolute Gasteiger partial charge is 0.315 e. The molecule has 0 spiro atoms. The Balaban J connectivity index is 2.24. The van der Waals surface area contributed by atoms with Gasteiger partial charge in [-0.3, -0.25) is 24.9 Å². The van der Waals surface area contributed by atoms with Gasteiger partial charge in [-0.15, -0.1) is 0 Å². The third-order valence-electron chi connectivity index (χ3n) is 9.59. The first kappa shape index (κ1) is 45.0. The van der Waals surface area contributed by atoms with Gasteiger partial charge < -0.3 is 46.1 Å². The topological polar surface area (TPSA) is 221 Å². The number of nitrogens with two attached hydrogens (primary N) is 1. The Morgan fingerprint density at radius 1 is 0.942 bits per heavy atom. The van der Waals surface area contributed by atoms with E-state index in [1.54, 1.807) is 27.7 Å². The Hall–Kier alpha value is -3.14. The van der Waals surface area contributed by atoms with Crippen molar-refractivity contribution < 1.29 is 38.6 Å². The third-order valence-corrected chi connectivity index (χ3v) is 9.59. The lowest BCUT2D eigenvalue weighted by atomic mass is 9.84. The van der Waals surface area contributed by atoms with Crippen LogP contribution in [0.5, 0.6) is 0 Å². The summed E-state index contributed by atoms with van der Waals surface area (Å²) >= 11 is 0. The summed E-state index contributed by atoms with van der Waals surface area (Å²) in [5.74, 6) is -2.56. The summed E-state index contributed by atoms with van der Waals surface area (Å²) < 4.78 is 5.41. The van der Waals surface area contributed by atoms with Gasteiger partial charge in [0.1, 0.15) is 17.9 Å². The Kier molecular flexibility index (Phi) is 16.7. The lowest BCUT2D eigenvalue weighted by Crippen LogP contribution is -2.61. The van der Waals surface area contributed by atoms with Crippen LogP contribution in [0.25, 0.3) is 0 Å². The lowest BCUT2D eigenvalue weighted by Gasteiger charge is -2.37. The van der Waals surface area contributed by atoms with Crippen LogP contribution in [0.15, 0.2) is 0 Å². The van der Waals surface area contributed by atoms with Crippen molar-refractivity contribution in [1.29, 1.82) is 0 Å². The molecule has 0 aromatic rings. The van der Waals surface area contributed by atoms with Gasteiger partial charge in [0, 0.05) is 38.0 Å². The zero-order valence-corrected chi connectivity index (χ0v) is 33.1. The van der Waals surface area contributed by atoms with Crippen LogP contribution in [0.1, 0.15) is 121 Å². The van der Waals surface area contributed by atoms with Crippen LogP contribution in [-0.2, 0) is 28.7 Å². The average Bonchev–Trinajstić information content (AvgIpc) is 3.72. The van der Waals surface area contributed by atoms with E-state index >= 15 is 0 Å². The zero-order valence-electron chi connectivity index (χ0n) is 33.1. The maximum absolute atomic E-state index is 14.4. The van der Waals surface area contributed by atoms with E-state index in [9.17, 15) is 33.9 Å². The van der Waals surface area contributed by atoms with Gasteiger partial charge in [0.25, 0.3) is 5.91 Å². The van der Waals surface area contributed by atoms with E-state index in [1.807, 2.05) is 41.5 Å². The highest BCUT2D eigenvalue weighted by molar-refractivity contribution is 6.38. The number of unbranched alkanes of at least 4 members (excludes halogenated alkanes) is 1. The van der Waals surface area contributed by atoms with Crippen molar-refractivity contribution in [1.82, 2.24) is 31.5 Å². The number of nitrogens with one attached hydrogen (secondary N) is 5. The minimum atomic E-state index is -1.65. The number of urea groups is 1. The molecule has 15 nitrogen and oxygen atoms in total. The SMILES string of the molecule is CCCCC(NC(=O)[C@@H]1C[C@@H](OC(N)O)CN1C(=O)[C@@H](NC(=O)N[C@H](CNCCC(C)(C)CC(C)=O)C(C)(C)C)C(C)(C)C)C(=O)C(=O)NC1CC1. The number of likely N-dealkylation sites (tertiary alicyclic amines) is 1. The molecule has 1 aliphatic carbocycles. The molecular formula is C37H67N7O8. The van der Waals surface area contributed by atoms with Crippen molar-refractivity contribution in [3.05, 3.63) is 0 Å². The first-order chi connectivity index (χ1) is 23.9. The van der Waals surface area contributed by atoms with E-state index in [-0.39, 0.29) is 48.1 Å². The molecule has 0 radical (unpaired) electrons. The number of carbonyl (C=O) groups excluding carboxylic acids is 6. The third kappa shape index (κ3) is 15.1. The first-order valence-electron chi connectivity index (χ1n) is 18.8. The van der Waals surface area contributed by atoms with Crippen molar-refractivity contribution in [3.8, 4) is 0 Å². The number of rotatable bonds is 20. The van der Waals surface area contributed by atoms with Crippen molar-refractivity contribution in [2.45, 2.75) is 163 Å². The van der Waals surface area contributed by atoms with Gasteiger partial charge in [0.2, 0.25) is 24.0 Å². The average molecular weight is 738 g/mol. The fourth-order valence-electron chi connectivity index (χ4n) is 6.33. The number of nitrogens with zero attached hydrogens (tertiary/aromatic N) is 1. The minimum Gasteiger partial charge on any atom is -0.356 e. The molecule has 8 N–H and O–H groups in total. The second-order valence-electron chi connectivity index (χ2n) is 17.5. The molecule has 2 unspecified atom stereocenters. The predicted molar refractivity (Wildman–Crippen MR) is 198 cm³/mol. The molecule has 1 saturated carbocycles. The van der Waals surface area contributed by atoms with Gasteiger partial charge in [-0.2, -0.15) is 0 Å². The summed E-state index contributed by atoms with van der Waals surface area (Å²) in [6, 6.07) is -4.24. The Labute approximate surface area is 310 Å². The van der Waals surface area contributed by atoms with E-state index in [1.165, 1.54) is 4.90 Å². The Bertz CT molecular complexity index is 1260. The van der Waals surface area contributed by atoms with Crippen molar-refractivity contribution in [2.24, 2.45) is 22.0 Å². The number of Topliss-reactive ketones (excluding diaryl/α,β-unsaturated/α-hetero) is 2. The monoisotopic (exact) mass is 738 g/mol. The first-order valence-corrected chi connectivity index (χ1v) is 18.8. The normalized spacial score (nSPS) is 20.3. The van der Waals surface area contributed by atoms with E-state index < -0.39 is 65.6 Å². The second kappa shape index (κ2) is 19.3. The molecule has 1 heterocycles. The highest BCUT2D eigenvalue weighted by Gasteiger charge is 2.46. The van der Waals surface area contributed by atoms with Crippen LogP contribution in [0.2, 0.25) is 0 Å². The zero-order chi connectivity index (χ0) is 39.6. The maximum atomic E-state index is 14.4. The molecule has 0 aromatic carbocycles. The van der Waals surface area contributed by atoms with Gasteiger partial charge in [0.15, 0.2) is 0 Å². The van der Waals surface area contributed by atoms with Crippen LogP contribution in [0.4, 0.5) is 4.79 Å². The molecule has 0 bridgehead atoms. The molecule has 5 amide bonds. The number of carbonyl (C=O) groups is 6. The molecule has 1 aliphatic heterocycles. The van der Waals surface area contributed by atoms with Gasteiger partial charge in [-0.25, -0.2) is 4.79 Å². The quantitative estimate of drug-likeness (QED) is 0.0546. The largest absolute Gasteiger partial charge is 0.356 e. The molecule has 6 atom stereocenters. The number of hydrogen-bond donors (Lipinski definition) is 7. The fourth-order valence-corrected chi connectivity index (χ4v) is 6.33. The summed E-state index contributed by atoms with van der Waals surface area (Å²) in [6.07, 6.45) is 1.92. The van der Waals surface area contributed by atoms with Crippen LogP contribution in [-0.4, -0.2) is 108 Å². The van der Waals surface area contributed by atoms with E-state index in [2.05, 4.69) is 26.6 Å². The van der Waals surface area contributed by atoms with Gasteiger partial charge >= 0.3 is 6.03 Å². The van der Waals surface area contributed by atoms with Crippen molar-refractivity contribution in [3.63, 3.8) is 0 Å². The molecular weight excluding hydrogens is 670 g/mol. The summed E-state index contributed by atoms with van der Waals surface area (Å²) in [5.41, 5.74) is 4.17. The summed E-state index contributed by atoms with van der Waals surface area (Å²) in [6.45, 7) is 20.0. The molecule has 298 valence electrons. The van der Waals surface area contributed by atoms with Crippen LogP contribution < -0.4 is 32.3 Å². The molecule has 2 rings (SSSR count). The van der Waals surface area contributed by atoms with Crippen LogP contribution >= 0.6 is 0 Å². The van der Waals surface area contributed by atoms with Crippen molar-refractivity contribution in [2.75, 3.05) is 19.6 Å². The van der Waals surface area contributed by atoms with E-state index in [0.717, 1.165) is 25.7 Å². The Morgan fingerprint density at radius 3 is 2.10 bits per heavy atom. The van der Waals surface area contributed by atoms with Crippen molar-refractivity contribution >= 4 is 35.3 Å². The number of ketones is 2. The highest BCUT2D eigenvalue weighted by atomic mass is 16.6. The maximum Gasteiger partial charge on any atom is 0.315 e. The summed E-state index contributed by atoms with van der Waals surface area (Å²) in [5, 5.41) is 24.4. The molecule has 15 heteroatoms. The Morgan fingerprint density at radius 2 is 1.58 bits per heavy atom. The van der Waals surface area contributed by atoms with Crippen LogP contribution in [0, 0.1) is 16.2 Å².